The number of thioether (sulfide) groups is 1. The van der Waals surface area contributed by atoms with Crippen molar-refractivity contribution in [3.8, 4) is 11.9 Å². The number of aromatic nitrogens is 4. The second kappa shape index (κ2) is 9.33. The lowest BCUT2D eigenvalue weighted by Crippen LogP contribution is -2.23. The average molecular weight is 498 g/mol. The van der Waals surface area contributed by atoms with E-state index in [1.165, 1.54) is 27.7 Å². The first-order valence-electron chi connectivity index (χ1n) is 10.8. The number of rotatable bonds is 5. The molecule has 172 valence electrons. The second-order valence-electron chi connectivity index (χ2n) is 7.86. The van der Waals surface area contributed by atoms with Crippen molar-refractivity contribution in [1.82, 2.24) is 19.5 Å². The lowest BCUT2D eigenvalue weighted by Gasteiger charge is -2.16. The van der Waals surface area contributed by atoms with Gasteiger partial charge in [0.1, 0.15) is 28.2 Å². The fraction of sp³-hybridized carbons (Fsp3) is 0.115. The number of aryl methyl sites for hydroxylation is 1. The standard InChI is InChI=1S/C26H19N5O2S2/c1-15-11-12-28-22(13-15)31-25(33)17-7-3-4-8-19(17)30-26(31)34-16(2)23(32)18(14-27)24-29-20-9-5-6-10-21(20)35-24/h3-13,16,32H,1-2H3/b23-18-. The highest BCUT2D eigenvalue weighted by atomic mass is 32.2. The Morgan fingerprint density at radius 3 is 2.60 bits per heavy atom. The number of aliphatic hydroxyl groups excluding tert-OH is 1. The van der Waals surface area contributed by atoms with Gasteiger partial charge in [-0.3, -0.25) is 4.79 Å². The van der Waals surface area contributed by atoms with Crippen LogP contribution in [0.1, 0.15) is 17.5 Å². The predicted octanol–water partition coefficient (Wildman–Crippen LogP) is 5.67. The van der Waals surface area contributed by atoms with Crippen LogP contribution in [0, 0.1) is 18.3 Å². The number of thiazole rings is 1. The van der Waals surface area contributed by atoms with Crippen LogP contribution >= 0.6 is 23.1 Å². The highest BCUT2D eigenvalue weighted by molar-refractivity contribution is 8.00. The molecule has 2 aromatic carbocycles. The van der Waals surface area contributed by atoms with Crippen molar-refractivity contribution in [2.24, 2.45) is 0 Å². The van der Waals surface area contributed by atoms with Crippen molar-refractivity contribution in [1.29, 1.82) is 5.26 Å². The quantitative estimate of drug-likeness (QED) is 0.144. The molecule has 1 N–H and O–H groups in total. The zero-order valence-electron chi connectivity index (χ0n) is 18.8. The summed E-state index contributed by atoms with van der Waals surface area (Å²) in [4.78, 5) is 27.1. The molecule has 0 saturated heterocycles. The summed E-state index contributed by atoms with van der Waals surface area (Å²) in [6.45, 7) is 3.69. The number of nitriles is 1. The van der Waals surface area contributed by atoms with Crippen LogP contribution in [0.25, 0.3) is 32.5 Å². The zero-order valence-corrected chi connectivity index (χ0v) is 20.5. The Hall–Kier alpha value is -4.00. The third-order valence-corrected chi connectivity index (χ3v) is 7.53. The van der Waals surface area contributed by atoms with Crippen molar-refractivity contribution in [2.45, 2.75) is 24.3 Å². The van der Waals surface area contributed by atoms with Crippen molar-refractivity contribution in [3.63, 3.8) is 0 Å². The molecule has 0 aliphatic rings. The van der Waals surface area contributed by atoms with Crippen molar-refractivity contribution in [2.75, 3.05) is 0 Å². The second-order valence-corrected chi connectivity index (χ2v) is 10.2. The number of benzene rings is 2. The number of allylic oxidation sites excluding steroid dienone is 1. The number of para-hydroxylation sites is 2. The summed E-state index contributed by atoms with van der Waals surface area (Å²) < 4.78 is 2.38. The molecule has 0 radical (unpaired) electrons. The molecule has 0 bridgehead atoms. The summed E-state index contributed by atoms with van der Waals surface area (Å²) in [7, 11) is 0. The van der Waals surface area contributed by atoms with E-state index in [1.807, 2.05) is 49.4 Å². The molecule has 1 unspecified atom stereocenters. The number of aliphatic hydroxyl groups is 1. The van der Waals surface area contributed by atoms with Crippen LogP contribution < -0.4 is 5.56 Å². The van der Waals surface area contributed by atoms with Gasteiger partial charge in [-0.05, 0) is 55.8 Å². The van der Waals surface area contributed by atoms with E-state index in [0.717, 1.165) is 15.8 Å². The van der Waals surface area contributed by atoms with Gasteiger partial charge in [0.2, 0.25) is 0 Å². The minimum absolute atomic E-state index is 0.106. The molecular weight excluding hydrogens is 478 g/mol. The summed E-state index contributed by atoms with van der Waals surface area (Å²) in [5.74, 6) is 0.320. The van der Waals surface area contributed by atoms with Crippen molar-refractivity contribution >= 4 is 49.8 Å². The van der Waals surface area contributed by atoms with Gasteiger partial charge in [0.25, 0.3) is 5.56 Å². The van der Waals surface area contributed by atoms with Gasteiger partial charge in [0, 0.05) is 6.20 Å². The van der Waals surface area contributed by atoms with Crippen LogP contribution in [0.3, 0.4) is 0 Å². The lowest BCUT2D eigenvalue weighted by molar-refractivity contribution is 0.402. The number of pyridine rings is 1. The van der Waals surface area contributed by atoms with Gasteiger partial charge in [-0.15, -0.1) is 11.3 Å². The molecular formula is C26H19N5O2S2. The van der Waals surface area contributed by atoms with E-state index in [2.05, 4.69) is 16.0 Å². The number of hydrogen-bond acceptors (Lipinski definition) is 8. The fourth-order valence-electron chi connectivity index (χ4n) is 3.65. The number of fused-ring (bicyclic) bond motifs is 2. The Bertz CT molecular complexity index is 1680. The van der Waals surface area contributed by atoms with Crippen LogP contribution in [0.2, 0.25) is 0 Å². The molecule has 5 aromatic rings. The van der Waals surface area contributed by atoms with Crippen LogP contribution in [0.15, 0.2) is 82.6 Å². The molecule has 0 fully saturated rings. The molecule has 7 nitrogen and oxygen atoms in total. The third kappa shape index (κ3) is 4.30. The van der Waals surface area contributed by atoms with Gasteiger partial charge in [-0.2, -0.15) is 5.26 Å². The Morgan fingerprint density at radius 2 is 1.86 bits per heavy atom. The van der Waals surface area contributed by atoms with Crippen LogP contribution in [0.5, 0.6) is 0 Å². The maximum atomic E-state index is 13.5. The van der Waals surface area contributed by atoms with E-state index in [9.17, 15) is 15.2 Å². The van der Waals surface area contributed by atoms with E-state index in [4.69, 9.17) is 4.98 Å². The monoisotopic (exact) mass is 497 g/mol. The molecule has 9 heteroatoms. The first-order valence-corrected chi connectivity index (χ1v) is 12.5. The van der Waals surface area contributed by atoms with Crippen LogP contribution in [0.4, 0.5) is 0 Å². The molecule has 3 aromatic heterocycles. The maximum Gasteiger partial charge on any atom is 0.267 e. The minimum Gasteiger partial charge on any atom is -0.510 e. The maximum absolute atomic E-state index is 13.5. The van der Waals surface area contributed by atoms with Gasteiger partial charge in [0.15, 0.2) is 5.16 Å². The van der Waals surface area contributed by atoms with Gasteiger partial charge in [0.05, 0.1) is 26.4 Å². The van der Waals surface area contributed by atoms with Crippen molar-refractivity contribution in [3.05, 3.63) is 93.5 Å². The number of nitrogens with zero attached hydrogens (tertiary/aromatic N) is 5. The largest absolute Gasteiger partial charge is 0.510 e. The molecule has 0 saturated carbocycles. The summed E-state index contributed by atoms with van der Waals surface area (Å²) in [6, 6.07) is 20.5. The third-order valence-electron chi connectivity index (χ3n) is 5.42. The highest BCUT2D eigenvalue weighted by Crippen LogP contribution is 2.33. The fourth-order valence-corrected chi connectivity index (χ4v) is 5.59. The Kier molecular flexibility index (Phi) is 6.07. The van der Waals surface area contributed by atoms with Gasteiger partial charge >= 0.3 is 0 Å². The van der Waals surface area contributed by atoms with E-state index in [0.29, 0.717) is 26.9 Å². The molecule has 3 heterocycles. The van der Waals surface area contributed by atoms with E-state index >= 15 is 0 Å². The molecule has 5 rings (SSSR count). The zero-order chi connectivity index (χ0) is 24.5. The smallest absolute Gasteiger partial charge is 0.267 e. The Labute approximate surface area is 209 Å². The number of hydrogen-bond donors (Lipinski definition) is 1. The topological polar surface area (TPSA) is 105 Å². The first kappa shape index (κ1) is 22.8. The normalized spacial score (nSPS) is 12.9. The van der Waals surface area contributed by atoms with Gasteiger partial charge < -0.3 is 5.11 Å². The molecule has 0 amide bonds. The molecule has 35 heavy (non-hydrogen) atoms. The summed E-state index contributed by atoms with van der Waals surface area (Å²) in [5.41, 5.74) is 2.12. The first-order chi connectivity index (χ1) is 17.0. The van der Waals surface area contributed by atoms with Crippen LogP contribution in [-0.4, -0.2) is 29.9 Å². The molecule has 1 atom stereocenters. The average Bonchev–Trinajstić information content (AvgIpc) is 3.28. The highest BCUT2D eigenvalue weighted by Gasteiger charge is 2.23. The van der Waals surface area contributed by atoms with E-state index < -0.39 is 5.25 Å². The predicted molar refractivity (Wildman–Crippen MR) is 140 cm³/mol. The summed E-state index contributed by atoms with van der Waals surface area (Å²) in [5, 5.41) is 21.6. The van der Waals surface area contributed by atoms with E-state index in [-0.39, 0.29) is 16.9 Å². The SMILES string of the molecule is Cc1ccnc(-n2c(SC(C)/C(O)=C(\C#N)c3nc4ccccc4s3)nc3ccccc3c2=O)c1. The van der Waals surface area contributed by atoms with E-state index in [1.54, 1.807) is 31.3 Å². The molecule has 0 aliphatic carbocycles. The summed E-state index contributed by atoms with van der Waals surface area (Å²) in [6.07, 6.45) is 1.64. The van der Waals surface area contributed by atoms with Crippen LogP contribution in [-0.2, 0) is 0 Å². The van der Waals surface area contributed by atoms with Crippen molar-refractivity contribution < 1.29 is 5.11 Å². The molecule has 0 spiro atoms. The minimum atomic E-state index is -0.583. The van der Waals surface area contributed by atoms with Gasteiger partial charge in [-0.25, -0.2) is 19.5 Å². The van der Waals surface area contributed by atoms with Gasteiger partial charge in [-0.1, -0.05) is 36.0 Å². The molecule has 0 aliphatic heterocycles. The Morgan fingerprint density at radius 1 is 1.11 bits per heavy atom. The Balaban J connectivity index is 1.62. The lowest BCUT2D eigenvalue weighted by atomic mass is 10.2. The summed E-state index contributed by atoms with van der Waals surface area (Å²) >= 11 is 2.53.